The summed E-state index contributed by atoms with van der Waals surface area (Å²) < 4.78 is 67.2. The Hall–Kier alpha value is -3.24. The first kappa shape index (κ1) is 31.4. The van der Waals surface area contributed by atoms with E-state index in [2.05, 4.69) is 29.9 Å². The van der Waals surface area contributed by atoms with Crippen molar-refractivity contribution in [3.05, 3.63) is 24.8 Å². The first-order chi connectivity index (χ1) is 21.9. The number of nitrogen functional groups attached to an aromatic ring is 1. The molecule has 7 heterocycles. The lowest BCUT2D eigenvalue weighted by molar-refractivity contribution is -0.168. The molecule has 0 saturated carbocycles. The van der Waals surface area contributed by atoms with Gasteiger partial charge in [0.1, 0.15) is 42.1 Å². The van der Waals surface area contributed by atoms with Gasteiger partial charge in [0.15, 0.2) is 53.8 Å². The van der Waals surface area contributed by atoms with Crippen LogP contribution < -0.4 is 10.5 Å². The fourth-order valence-electron chi connectivity index (χ4n) is 5.43. The highest BCUT2D eigenvalue weighted by molar-refractivity contribution is 7.52. The monoisotopic (exact) mass is 687 g/mol. The van der Waals surface area contributed by atoms with Crippen LogP contribution in [0.1, 0.15) is 18.3 Å². The minimum atomic E-state index is -5.04. The van der Waals surface area contributed by atoms with Gasteiger partial charge < -0.3 is 44.7 Å². The van der Waals surface area contributed by atoms with Crippen LogP contribution in [-0.2, 0) is 36.9 Å². The smallest absolute Gasteiger partial charge is 0.472 e. The van der Waals surface area contributed by atoms with Crippen LogP contribution in [0.4, 0.5) is 5.82 Å². The molecule has 3 aliphatic rings. The van der Waals surface area contributed by atoms with Crippen LogP contribution in [0, 0.1) is 6.92 Å². The Kier molecular flexibility index (Phi) is 7.82. The van der Waals surface area contributed by atoms with Gasteiger partial charge in [-0.25, -0.2) is 29.5 Å². The highest BCUT2D eigenvalue weighted by Gasteiger charge is 2.54. The molecule has 3 fully saturated rings. The number of hydrogen-bond donors (Lipinski definition) is 5. The summed E-state index contributed by atoms with van der Waals surface area (Å²) in [5, 5.41) is 22.4. The molecule has 4 aromatic heterocycles. The number of aryl methyl sites for hydroxylation is 1. The number of phosphoric ester groups is 1. The number of ether oxygens (including phenoxy) is 4. The van der Waals surface area contributed by atoms with Crippen molar-refractivity contribution in [2.75, 3.05) is 25.8 Å². The number of imidazole rings is 2. The average Bonchev–Trinajstić information content (AvgIpc) is 3.76. The molecule has 3 aliphatic heterocycles. The molecule has 0 bridgehead atoms. The molecule has 0 amide bonds. The Bertz CT molecular complexity index is 1890. The number of aliphatic hydroxyl groups is 2. The zero-order chi connectivity index (χ0) is 32.5. The van der Waals surface area contributed by atoms with Gasteiger partial charge in [0.05, 0.1) is 26.4 Å². The number of rotatable bonds is 3. The Labute approximate surface area is 257 Å². The molecule has 4 aromatic rings. The van der Waals surface area contributed by atoms with E-state index >= 15 is 0 Å². The van der Waals surface area contributed by atoms with Gasteiger partial charge in [-0.1, -0.05) is 0 Å². The van der Waals surface area contributed by atoms with Crippen LogP contribution in [0.2, 0.25) is 0 Å². The lowest BCUT2D eigenvalue weighted by Gasteiger charge is -2.28. The molecule has 3 saturated heterocycles. The lowest BCUT2D eigenvalue weighted by Crippen LogP contribution is -2.38. The van der Waals surface area contributed by atoms with Gasteiger partial charge in [-0.15, -0.1) is 0 Å². The lowest BCUT2D eigenvalue weighted by atomic mass is 10.1. The topological polar surface area (TPSA) is 293 Å². The fourth-order valence-corrected chi connectivity index (χ4v) is 7.39. The van der Waals surface area contributed by atoms with E-state index in [9.17, 15) is 29.1 Å². The van der Waals surface area contributed by atoms with Gasteiger partial charge in [-0.05, 0) is 6.92 Å². The summed E-state index contributed by atoms with van der Waals surface area (Å²) in [6.45, 7) is 0.840. The maximum Gasteiger partial charge on any atom is 0.472 e. The van der Waals surface area contributed by atoms with E-state index in [0.717, 1.165) is 6.33 Å². The SMILES string of the molecule is COc1nc(C)nc2c1ncn2[C@@H]1O[C@@H]2COP(=O)(O)O[C@@H]3C(O)[C@H](n4cnc5c(N)ncnc54)O[C@@H]3OCP(=O)(O)O[C@@H]2C1O. The van der Waals surface area contributed by atoms with E-state index in [-0.39, 0.29) is 34.0 Å². The first-order valence-electron chi connectivity index (χ1n) is 13.5. The first-order valence-corrected chi connectivity index (χ1v) is 16.7. The van der Waals surface area contributed by atoms with Crippen molar-refractivity contribution in [2.45, 2.75) is 56.2 Å². The van der Waals surface area contributed by atoms with Crippen molar-refractivity contribution in [1.29, 1.82) is 0 Å². The van der Waals surface area contributed by atoms with Crippen molar-refractivity contribution < 1.29 is 61.6 Å². The molecule has 46 heavy (non-hydrogen) atoms. The van der Waals surface area contributed by atoms with E-state index in [0.29, 0.717) is 5.82 Å². The van der Waals surface area contributed by atoms with Gasteiger partial charge in [0, 0.05) is 0 Å². The van der Waals surface area contributed by atoms with Crippen molar-refractivity contribution in [1.82, 2.24) is 39.0 Å². The zero-order valence-corrected chi connectivity index (χ0v) is 25.6. The quantitative estimate of drug-likeness (QED) is 0.163. The highest BCUT2D eigenvalue weighted by atomic mass is 31.2. The number of hydrogen-bond acceptors (Lipinski definition) is 18. The van der Waals surface area contributed by atoms with E-state index in [1.165, 1.54) is 28.9 Å². The molecule has 6 N–H and O–H groups in total. The van der Waals surface area contributed by atoms with E-state index in [1.807, 2.05) is 0 Å². The van der Waals surface area contributed by atoms with Gasteiger partial charge in [0.25, 0.3) is 0 Å². The molecule has 4 unspecified atom stereocenters. The zero-order valence-electron chi connectivity index (χ0n) is 23.8. The number of nitrogens with two attached hydrogens (primary N) is 1. The molecule has 0 radical (unpaired) electrons. The largest absolute Gasteiger partial charge is 0.479 e. The van der Waals surface area contributed by atoms with E-state index in [1.54, 1.807) is 6.92 Å². The van der Waals surface area contributed by atoms with Crippen molar-refractivity contribution >= 4 is 43.6 Å². The van der Waals surface area contributed by atoms with Gasteiger partial charge in [-0.3, -0.25) is 27.3 Å². The number of methoxy groups -OCH3 is 1. The molecule has 0 aromatic carbocycles. The standard InChI is InChI=1S/C22H27N9O13P2/c1-8-28-18-11(19(29-8)38-2)27-6-31(18)20-12(32)14-9(41-20)3-40-46(36,37)44-15-13(33)21(42-22(15)39-7-45(34,35)43-14)30-5-26-10-16(23)24-4-25-17(10)30/h4-6,9,12-15,20-22,32-33H,3,7H2,1-2H3,(H,34,35)(H,36,37)(H2,23,24,25)/t9-,12?,13?,14+,15-,20-,21-,22+/m1/s1. The van der Waals surface area contributed by atoms with Gasteiger partial charge in [-0.2, -0.15) is 4.98 Å². The Morgan fingerprint density at radius 3 is 2.39 bits per heavy atom. The number of fused-ring (bicyclic) bond motifs is 4. The maximum absolute atomic E-state index is 13.2. The number of aliphatic hydroxyl groups excluding tert-OH is 2. The minimum absolute atomic E-state index is 0.0448. The summed E-state index contributed by atoms with van der Waals surface area (Å²) >= 11 is 0. The van der Waals surface area contributed by atoms with Crippen LogP contribution in [0.3, 0.4) is 0 Å². The second kappa shape index (κ2) is 11.5. The summed E-state index contributed by atoms with van der Waals surface area (Å²) in [5.41, 5.74) is 6.61. The number of anilines is 1. The van der Waals surface area contributed by atoms with Crippen LogP contribution in [0.25, 0.3) is 22.3 Å². The number of nitrogens with zero attached hydrogens (tertiary/aromatic N) is 8. The van der Waals surface area contributed by atoms with Gasteiger partial charge in [0.2, 0.25) is 5.88 Å². The number of aromatic nitrogens is 8. The van der Waals surface area contributed by atoms with Crippen LogP contribution in [-0.4, -0.2) is 116 Å². The minimum Gasteiger partial charge on any atom is -0.479 e. The summed E-state index contributed by atoms with van der Waals surface area (Å²) in [6, 6.07) is 0. The van der Waals surface area contributed by atoms with E-state index in [4.69, 9.17) is 38.3 Å². The Morgan fingerprint density at radius 1 is 0.935 bits per heavy atom. The summed E-state index contributed by atoms with van der Waals surface area (Å²) in [5.74, 6) is 0.519. The van der Waals surface area contributed by atoms with Crippen LogP contribution >= 0.6 is 15.4 Å². The summed E-state index contributed by atoms with van der Waals surface area (Å²) in [6.07, 6.45) is -9.87. The molecule has 22 nitrogen and oxygen atoms in total. The van der Waals surface area contributed by atoms with Gasteiger partial charge >= 0.3 is 15.4 Å². The summed E-state index contributed by atoms with van der Waals surface area (Å²) in [4.78, 5) is 46.1. The van der Waals surface area contributed by atoms with Crippen LogP contribution in [0.15, 0.2) is 19.0 Å². The maximum atomic E-state index is 13.2. The summed E-state index contributed by atoms with van der Waals surface area (Å²) in [7, 11) is -8.38. The van der Waals surface area contributed by atoms with Crippen LogP contribution in [0.5, 0.6) is 5.88 Å². The molecule has 0 aliphatic carbocycles. The average molecular weight is 687 g/mol. The highest BCUT2D eigenvalue weighted by Crippen LogP contribution is 2.53. The number of phosphoric acid groups is 1. The molecule has 0 spiro atoms. The third kappa shape index (κ3) is 5.45. The van der Waals surface area contributed by atoms with Crippen molar-refractivity contribution in [3.63, 3.8) is 0 Å². The second-order valence-electron chi connectivity index (χ2n) is 10.5. The molecule has 10 atom stereocenters. The van der Waals surface area contributed by atoms with Crippen molar-refractivity contribution in [2.24, 2.45) is 0 Å². The second-order valence-corrected chi connectivity index (χ2v) is 13.6. The predicted octanol–water partition coefficient (Wildman–Crippen LogP) is -0.900. The van der Waals surface area contributed by atoms with Crippen molar-refractivity contribution in [3.8, 4) is 5.88 Å². The Balaban J connectivity index is 1.17. The molecule has 7 rings (SSSR count). The molecular formula is C22H27N9O13P2. The molecule has 248 valence electrons. The fraction of sp³-hybridized carbons (Fsp3) is 0.545. The van der Waals surface area contributed by atoms with E-state index < -0.39 is 77.6 Å². The third-order valence-corrected chi connectivity index (χ3v) is 9.49. The normalized spacial score (nSPS) is 37.1. The third-order valence-electron chi connectivity index (χ3n) is 7.46. The predicted molar refractivity (Wildman–Crippen MR) is 147 cm³/mol. The molecule has 24 heteroatoms. The Morgan fingerprint density at radius 2 is 1.63 bits per heavy atom. The molecular weight excluding hydrogens is 660 g/mol.